The Morgan fingerprint density at radius 3 is 2.44 bits per heavy atom. The van der Waals surface area contributed by atoms with Crippen molar-refractivity contribution in [3.8, 4) is 0 Å². The third-order valence-corrected chi connectivity index (χ3v) is 2.37. The summed E-state index contributed by atoms with van der Waals surface area (Å²) in [7, 11) is 0. The first kappa shape index (κ1) is 17.3. The second-order valence-electron chi connectivity index (χ2n) is 4.61. The highest BCUT2D eigenvalue weighted by molar-refractivity contribution is 5.71. The van der Waals surface area contributed by atoms with Crippen molar-refractivity contribution in [1.82, 2.24) is 0 Å². The van der Waals surface area contributed by atoms with Crippen molar-refractivity contribution in [2.75, 3.05) is 19.9 Å². The maximum Gasteiger partial charge on any atom is 0.308 e. The van der Waals surface area contributed by atoms with Crippen LogP contribution in [0.1, 0.15) is 41.0 Å². The van der Waals surface area contributed by atoms with Crippen molar-refractivity contribution in [3.05, 3.63) is 0 Å². The molecule has 0 aromatic heterocycles. The summed E-state index contributed by atoms with van der Waals surface area (Å²) in [5, 5.41) is 0. The fourth-order valence-electron chi connectivity index (χ4n) is 1.65. The van der Waals surface area contributed by atoms with E-state index in [-0.39, 0.29) is 24.7 Å². The molecule has 2 unspecified atom stereocenters. The number of carbonyl (C=O) groups excluding carboxylic acids is 1. The second-order valence-corrected chi connectivity index (χ2v) is 4.61. The average molecular weight is 264 g/mol. The van der Waals surface area contributed by atoms with E-state index in [9.17, 15) is 9.18 Å². The third kappa shape index (κ3) is 6.91. The molecule has 0 N–H and O–H groups in total. The Bertz CT molecular complexity index is 243. The molecule has 0 saturated carbocycles. The average Bonchev–Trinajstić information content (AvgIpc) is 2.59. The molecule has 1 heterocycles. The van der Waals surface area contributed by atoms with Crippen LogP contribution in [-0.2, 0) is 19.0 Å². The number of halogens is 1. The first-order chi connectivity index (χ1) is 8.36. The smallest absolute Gasteiger partial charge is 0.308 e. The highest BCUT2D eigenvalue weighted by Gasteiger charge is 2.34. The number of hydrogen-bond donors (Lipinski definition) is 0. The van der Waals surface area contributed by atoms with Gasteiger partial charge in [-0.05, 0) is 34.1 Å². The quantitative estimate of drug-likeness (QED) is 0.732. The summed E-state index contributed by atoms with van der Waals surface area (Å²) in [6, 6.07) is 0. The predicted octanol–water partition coefficient (Wildman–Crippen LogP) is 2.70. The van der Waals surface area contributed by atoms with Gasteiger partial charge in [0.05, 0.1) is 31.9 Å². The third-order valence-electron chi connectivity index (χ3n) is 2.37. The van der Waals surface area contributed by atoms with E-state index in [0.29, 0.717) is 19.6 Å². The number of carbonyl (C=O) groups is 1. The minimum absolute atomic E-state index is 0.000550. The van der Waals surface area contributed by atoms with E-state index in [1.807, 2.05) is 27.7 Å². The largest absolute Gasteiger partial charge is 0.466 e. The van der Waals surface area contributed by atoms with E-state index >= 15 is 0 Å². The van der Waals surface area contributed by atoms with Crippen LogP contribution in [0.15, 0.2) is 0 Å². The lowest BCUT2D eigenvalue weighted by molar-refractivity contribution is -0.153. The molecule has 18 heavy (non-hydrogen) atoms. The summed E-state index contributed by atoms with van der Waals surface area (Å²) in [4.78, 5) is 11.4. The second kappa shape index (κ2) is 8.43. The number of rotatable bonds is 4. The van der Waals surface area contributed by atoms with Crippen LogP contribution in [0.3, 0.4) is 0 Å². The van der Waals surface area contributed by atoms with Gasteiger partial charge in [0.1, 0.15) is 0 Å². The van der Waals surface area contributed by atoms with E-state index in [1.165, 1.54) is 6.92 Å². The number of hydrogen-bond acceptors (Lipinski definition) is 4. The van der Waals surface area contributed by atoms with Crippen LogP contribution in [0.4, 0.5) is 4.39 Å². The van der Waals surface area contributed by atoms with Gasteiger partial charge in [-0.2, -0.15) is 0 Å². The van der Waals surface area contributed by atoms with Crippen LogP contribution in [0, 0.1) is 5.92 Å². The highest BCUT2D eigenvalue weighted by atomic mass is 19.1. The zero-order valence-corrected chi connectivity index (χ0v) is 12.0. The molecule has 0 amide bonds. The molecule has 1 fully saturated rings. The van der Waals surface area contributed by atoms with Crippen molar-refractivity contribution < 1.29 is 23.4 Å². The van der Waals surface area contributed by atoms with E-state index in [1.54, 1.807) is 0 Å². The SMILES string of the molecule is CCF.CCOC(=O)C(C)CC1COC(C)(C)O1. The lowest BCUT2D eigenvalue weighted by atomic mass is 10.0. The summed E-state index contributed by atoms with van der Waals surface area (Å²) in [5.41, 5.74) is 0. The lowest BCUT2D eigenvalue weighted by Crippen LogP contribution is -2.25. The molecule has 0 aromatic carbocycles. The molecular formula is C13H25FO4. The van der Waals surface area contributed by atoms with Crippen molar-refractivity contribution in [1.29, 1.82) is 0 Å². The Kier molecular flexibility index (Phi) is 8.11. The molecule has 1 aliphatic rings. The maximum atomic E-state index is 11.4. The molecule has 1 rings (SSSR count). The van der Waals surface area contributed by atoms with Gasteiger partial charge >= 0.3 is 5.97 Å². The Balaban J connectivity index is 0.000000873. The van der Waals surface area contributed by atoms with Gasteiger partial charge in [0.2, 0.25) is 0 Å². The van der Waals surface area contributed by atoms with Gasteiger partial charge in [-0.15, -0.1) is 0 Å². The van der Waals surface area contributed by atoms with Gasteiger partial charge in [0.15, 0.2) is 5.79 Å². The Labute approximate surface area is 109 Å². The van der Waals surface area contributed by atoms with Gasteiger partial charge in [-0.3, -0.25) is 9.18 Å². The molecule has 1 saturated heterocycles. The van der Waals surface area contributed by atoms with E-state index in [4.69, 9.17) is 14.2 Å². The summed E-state index contributed by atoms with van der Waals surface area (Å²) in [5.74, 6) is -0.808. The zero-order chi connectivity index (χ0) is 14.2. The Morgan fingerprint density at radius 2 is 2.06 bits per heavy atom. The van der Waals surface area contributed by atoms with Crippen molar-refractivity contribution >= 4 is 5.97 Å². The zero-order valence-electron chi connectivity index (χ0n) is 12.0. The first-order valence-electron chi connectivity index (χ1n) is 6.40. The molecule has 0 spiro atoms. The minimum Gasteiger partial charge on any atom is -0.466 e. The van der Waals surface area contributed by atoms with Crippen LogP contribution in [0.2, 0.25) is 0 Å². The molecular weight excluding hydrogens is 239 g/mol. The normalized spacial score (nSPS) is 22.9. The van der Waals surface area contributed by atoms with Crippen LogP contribution >= 0.6 is 0 Å². The standard InChI is InChI=1S/C11H20O4.C2H5F/c1-5-13-10(12)8(2)6-9-7-14-11(3,4)15-9;1-2-3/h8-9H,5-7H2,1-4H3;2H2,1H3. The van der Waals surface area contributed by atoms with E-state index in [2.05, 4.69) is 0 Å². The van der Waals surface area contributed by atoms with Gasteiger partial charge < -0.3 is 14.2 Å². The van der Waals surface area contributed by atoms with Gasteiger partial charge in [-0.1, -0.05) is 6.92 Å². The molecule has 2 atom stereocenters. The van der Waals surface area contributed by atoms with Crippen molar-refractivity contribution in [2.24, 2.45) is 5.92 Å². The minimum atomic E-state index is -0.515. The van der Waals surface area contributed by atoms with E-state index < -0.39 is 5.79 Å². The van der Waals surface area contributed by atoms with Crippen LogP contribution in [-0.4, -0.2) is 37.7 Å². The number of esters is 1. The topological polar surface area (TPSA) is 44.8 Å². The maximum absolute atomic E-state index is 11.4. The fraction of sp³-hybridized carbons (Fsp3) is 0.923. The monoisotopic (exact) mass is 264 g/mol. The molecule has 108 valence electrons. The predicted molar refractivity (Wildman–Crippen MR) is 67.0 cm³/mol. The molecule has 4 nitrogen and oxygen atoms in total. The molecule has 0 radical (unpaired) electrons. The van der Waals surface area contributed by atoms with Crippen molar-refractivity contribution in [3.63, 3.8) is 0 Å². The first-order valence-corrected chi connectivity index (χ1v) is 6.40. The summed E-state index contributed by atoms with van der Waals surface area (Å²) in [6.07, 6.45) is 0.654. The van der Waals surface area contributed by atoms with Crippen molar-refractivity contribution in [2.45, 2.75) is 52.9 Å². The number of alkyl halides is 1. The summed E-state index contributed by atoms with van der Waals surface area (Å²) < 4.78 is 26.3. The molecule has 0 bridgehead atoms. The van der Waals surface area contributed by atoms with Gasteiger partial charge in [0.25, 0.3) is 0 Å². The van der Waals surface area contributed by atoms with Gasteiger partial charge in [-0.25, -0.2) is 0 Å². The summed E-state index contributed by atoms with van der Waals surface area (Å²) >= 11 is 0. The molecule has 1 aliphatic heterocycles. The van der Waals surface area contributed by atoms with Crippen LogP contribution in [0.25, 0.3) is 0 Å². The molecule has 0 aromatic rings. The molecule has 0 aliphatic carbocycles. The Morgan fingerprint density at radius 1 is 1.50 bits per heavy atom. The fourth-order valence-corrected chi connectivity index (χ4v) is 1.65. The highest BCUT2D eigenvalue weighted by Crippen LogP contribution is 2.26. The van der Waals surface area contributed by atoms with Crippen LogP contribution in [0.5, 0.6) is 0 Å². The van der Waals surface area contributed by atoms with Gasteiger partial charge in [0, 0.05) is 0 Å². The van der Waals surface area contributed by atoms with E-state index in [0.717, 1.165) is 0 Å². The summed E-state index contributed by atoms with van der Waals surface area (Å²) in [6.45, 7) is 9.60. The number of ether oxygens (including phenoxy) is 3. The lowest BCUT2D eigenvalue weighted by Gasteiger charge is -2.18. The Hall–Kier alpha value is -0.680. The molecule has 5 heteroatoms. The van der Waals surface area contributed by atoms with Crippen LogP contribution < -0.4 is 0 Å².